The maximum Gasteiger partial charge on any atom is 0.0486 e. The van der Waals surface area contributed by atoms with Crippen LogP contribution in [0.15, 0.2) is 42.6 Å². The van der Waals surface area contributed by atoms with E-state index in [9.17, 15) is 0 Å². The lowest BCUT2D eigenvalue weighted by molar-refractivity contribution is 0.222. The summed E-state index contributed by atoms with van der Waals surface area (Å²) in [5, 5.41) is 1.48. The van der Waals surface area contributed by atoms with E-state index in [0.717, 1.165) is 19.0 Å². The Bertz CT molecular complexity index is 925. The lowest BCUT2D eigenvalue weighted by Gasteiger charge is -2.32. The highest BCUT2D eigenvalue weighted by molar-refractivity contribution is 5.87. The van der Waals surface area contributed by atoms with E-state index in [2.05, 4.69) is 58.8 Å². The van der Waals surface area contributed by atoms with E-state index in [1.807, 2.05) is 12.3 Å². The van der Waals surface area contributed by atoms with Crippen LogP contribution in [-0.2, 0) is 19.4 Å². The van der Waals surface area contributed by atoms with Crippen molar-refractivity contribution < 1.29 is 0 Å². The highest BCUT2D eigenvalue weighted by Gasteiger charge is 2.40. The van der Waals surface area contributed by atoms with Gasteiger partial charge < -0.3 is 4.57 Å². The molecule has 3 nitrogen and oxygen atoms in total. The Kier molecular flexibility index (Phi) is 3.46. The van der Waals surface area contributed by atoms with Crippen LogP contribution in [-0.4, -0.2) is 27.5 Å². The molecule has 1 saturated heterocycles. The fourth-order valence-corrected chi connectivity index (χ4v) is 5.00. The fourth-order valence-electron chi connectivity index (χ4n) is 5.00. The summed E-state index contributed by atoms with van der Waals surface area (Å²) >= 11 is 0. The van der Waals surface area contributed by atoms with Gasteiger partial charge in [-0.1, -0.05) is 17.7 Å². The molecule has 1 aromatic carbocycles. The van der Waals surface area contributed by atoms with E-state index in [1.54, 1.807) is 11.3 Å². The van der Waals surface area contributed by atoms with Gasteiger partial charge in [-0.2, -0.15) is 0 Å². The maximum atomic E-state index is 4.52. The molecule has 3 heteroatoms. The van der Waals surface area contributed by atoms with Crippen LogP contribution in [0.5, 0.6) is 0 Å². The van der Waals surface area contributed by atoms with Gasteiger partial charge in [-0.3, -0.25) is 9.88 Å². The van der Waals surface area contributed by atoms with E-state index in [1.165, 1.54) is 41.4 Å². The number of aryl methyl sites for hydroxylation is 3. The summed E-state index contributed by atoms with van der Waals surface area (Å²) < 4.78 is 2.59. The maximum absolute atomic E-state index is 4.52. The Morgan fingerprint density at radius 1 is 1.16 bits per heavy atom. The van der Waals surface area contributed by atoms with Gasteiger partial charge in [0.25, 0.3) is 0 Å². The topological polar surface area (TPSA) is 21.1 Å². The van der Waals surface area contributed by atoms with E-state index < -0.39 is 0 Å². The molecule has 2 atom stereocenters. The minimum absolute atomic E-state index is 0.606. The highest BCUT2D eigenvalue weighted by Crippen LogP contribution is 2.46. The molecule has 2 aromatic heterocycles. The minimum Gasteiger partial charge on any atom is -0.344 e. The van der Waals surface area contributed by atoms with Crippen molar-refractivity contribution in [1.29, 1.82) is 0 Å². The van der Waals surface area contributed by atoms with Gasteiger partial charge in [-0.25, -0.2) is 0 Å². The second-order valence-corrected chi connectivity index (χ2v) is 7.72. The standard InChI is InChI=1S/C22H25N3/c1-15-6-8-19-18(13-15)22-20-9-7-17(24(20)2)14-21(22)25(19)12-10-16-5-3-4-11-23-16/h3-6,8,11,13,17,20H,7,9-10,12,14H2,1-2H3/t17-,20+/m0/s1. The summed E-state index contributed by atoms with van der Waals surface area (Å²) in [6.07, 6.45) is 6.73. The molecule has 0 unspecified atom stereocenters. The molecule has 0 radical (unpaired) electrons. The third-order valence-electron chi connectivity index (χ3n) is 6.29. The Morgan fingerprint density at radius 2 is 2.08 bits per heavy atom. The Balaban J connectivity index is 1.62. The normalized spacial score (nSPS) is 22.5. The number of nitrogens with zero attached hydrogens (tertiary/aromatic N) is 3. The first-order valence-corrected chi connectivity index (χ1v) is 9.46. The number of fused-ring (bicyclic) bond motifs is 6. The number of rotatable bonds is 3. The third kappa shape index (κ3) is 2.33. The van der Waals surface area contributed by atoms with Gasteiger partial charge in [0.1, 0.15) is 0 Å². The molecule has 0 amide bonds. The van der Waals surface area contributed by atoms with Crippen LogP contribution in [0.2, 0.25) is 0 Å². The molecule has 0 saturated carbocycles. The summed E-state index contributed by atoms with van der Waals surface area (Å²) in [5.74, 6) is 0. The average molecular weight is 331 g/mol. The number of pyridine rings is 1. The molecule has 25 heavy (non-hydrogen) atoms. The van der Waals surface area contributed by atoms with Crippen molar-refractivity contribution in [2.75, 3.05) is 7.05 Å². The average Bonchev–Trinajstić information content (AvgIpc) is 3.04. The molecule has 0 spiro atoms. The van der Waals surface area contributed by atoms with Gasteiger partial charge in [0.15, 0.2) is 0 Å². The van der Waals surface area contributed by atoms with Crippen LogP contribution in [0.1, 0.15) is 41.4 Å². The molecule has 0 N–H and O–H groups in total. The monoisotopic (exact) mass is 331 g/mol. The van der Waals surface area contributed by atoms with Crippen LogP contribution < -0.4 is 0 Å². The zero-order chi connectivity index (χ0) is 17.0. The van der Waals surface area contributed by atoms with E-state index >= 15 is 0 Å². The van der Waals surface area contributed by atoms with Gasteiger partial charge in [-0.15, -0.1) is 0 Å². The van der Waals surface area contributed by atoms with Gasteiger partial charge in [0.2, 0.25) is 0 Å². The first-order valence-electron chi connectivity index (χ1n) is 9.46. The van der Waals surface area contributed by atoms with Gasteiger partial charge in [0.05, 0.1) is 0 Å². The van der Waals surface area contributed by atoms with Crippen molar-refractivity contribution in [3.05, 3.63) is 65.1 Å². The lowest BCUT2D eigenvalue weighted by atomic mass is 9.97. The van der Waals surface area contributed by atoms with Gasteiger partial charge in [0, 0.05) is 60.0 Å². The van der Waals surface area contributed by atoms with Crippen molar-refractivity contribution in [2.24, 2.45) is 0 Å². The SMILES string of the molecule is Cc1ccc2c(c1)c1c(n2CCc2ccccn2)C[C@@H]2CC[C@H]1N2C. The second-order valence-electron chi connectivity index (χ2n) is 7.72. The van der Waals surface area contributed by atoms with Crippen LogP contribution in [0.4, 0.5) is 0 Å². The van der Waals surface area contributed by atoms with E-state index in [4.69, 9.17) is 0 Å². The summed E-state index contributed by atoms with van der Waals surface area (Å²) in [4.78, 5) is 7.14. The first kappa shape index (κ1) is 15.2. The number of likely N-dealkylation sites (N-methyl/N-ethyl adjacent to an activating group) is 1. The van der Waals surface area contributed by atoms with Crippen molar-refractivity contribution >= 4 is 10.9 Å². The molecule has 5 rings (SSSR count). The van der Waals surface area contributed by atoms with Crippen molar-refractivity contribution in [2.45, 2.75) is 51.2 Å². The second kappa shape index (κ2) is 5.70. The van der Waals surface area contributed by atoms with Gasteiger partial charge >= 0.3 is 0 Å². The lowest BCUT2D eigenvalue weighted by Crippen LogP contribution is -2.34. The molecule has 0 aliphatic carbocycles. The number of hydrogen-bond donors (Lipinski definition) is 0. The van der Waals surface area contributed by atoms with Crippen molar-refractivity contribution in [3.63, 3.8) is 0 Å². The van der Waals surface area contributed by atoms with Crippen molar-refractivity contribution in [1.82, 2.24) is 14.5 Å². The van der Waals surface area contributed by atoms with E-state index in [0.29, 0.717) is 6.04 Å². The minimum atomic E-state index is 0.606. The molecule has 2 aliphatic rings. The van der Waals surface area contributed by atoms with Crippen LogP contribution in [0.25, 0.3) is 10.9 Å². The molecule has 128 valence electrons. The molecule has 2 bridgehead atoms. The summed E-state index contributed by atoms with van der Waals surface area (Å²) in [7, 11) is 2.32. The first-order chi connectivity index (χ1) is 12.2. The van der Waals surface area contributed by atoms with Crippen LogP contribution in [0.3, 0.4) is 0 Å². The largest absolute Gasteiger partial charge is 0.344 e. The smallest absolute Gasteiger partial charge is 0.0486 e. The summed E-state index contributed by atoms with van der Waals surface area (Å²) in [5.41, 5.74) is 7.15. The zero-order valence-corrected chi connectivity index (χ0v) is 15.1. The molecule has 2 aliphatic heterocycles. The Morgan fingerprint density at radius 3 is 2.92 bits per heavy atom. The van der Waals surface area contributed by atoms with E-state index in [-0.39, 0.29) is 0 Å². The van der Waals surface area contributed by atoms with Crippen molar-refractivity contribution in [3.8, 4) is 0 Å². The predicted molar refractivity (Wildman–Crippen MR) is 102 cm³/mol. The molecule has 3 aromatic rings. The molecule has 1 fully saturated rings. The third-order valence-corrected chi connectivity index (χ3v) is 6.29. The van der Waals surface area contributed by atoms with Gasteiger partial charge in [-0.05, 0) is 56.6 Å². The van der Waals surface area contributed by atoms with Crippen LogP contribution in [0, 0.1) is 6.92 Å². The molecule has 4 heterocycles. The molecular weight excluding hydrogens is 306 g/mol. The Labute approximate surface area is 149 Å². The number of hydrogen-bond acceptors (Lipinski definition) is 2. The Hall–Kier alpha value is -2.13. The number of benzene rings is 1. The number of aromatic nitrogens is 2. The summed E-state index contributed by atoms with van der Waals surface area (Å²) in [6.45, 7) is 3.23. The summed E-state index contributed by atoms with van der Waals surface area (Å²) in [6, 6.07) is 14.5. The fraction of sp³-hybridized carbons (Fsp3) is 0.409. The molecular formula is C22H25N3. The quantitative estimate of drug-likeness (QED) is 0.714. The zero-order valence-electron chi connectivity index (χ0n) is 15.1. The van der Waals surface area contributed by atoms with Crippen LogP contribution >= 0.6 is 0 Å². The highest BCUT2D eigenvalue weighted by atomic mass is 15.2. The predicted octanol–water partition coefficient (Wildman–Crippen LogP) is 4.28.